The minimum absolute atomic E-state index is 0.0910. The van der Waals surface area contributed by atoms with Gasteiger partial charge >= 0.3 is 0 Å². The van der Waals surface area contributed by atoms with Gasteiger partial charge in [0.2, 0.25) is 0 Å². The summed E-state index contributed by atoms with van der Waals surface area (Å²) in [6.07, 6.45) is 3.64. The van der Waals surface area contributed by atoms with E-state index in [2.05, 4.69) is 26.0 Å². The fourth-order valence-electron chi connectivity index (χ4n) is 3.93. The molecule has 2 N–H and O–H groups in total. The van der Waals surface area contributed by atoms with Crippen LogP contribution in [0.15, 0.2) is 58.9 Å². The van der Waals surface area contributed by atoms with E-state index in [-0.39, 0.29) is 17.0 Å². The molecule has 158 valence electrons. The van der Waals surface area contributed by atoms with E-state index in [1.165, 1.54) is 21.5 Å². The Morgan fingerprint density at radius 1 is 0.969 bits per heavy atom. The fourth-order valence-corrected chi connectivity index (χ4v) is 5.06. The molecule has 2 heterocycles. The zero-order valence-electron chi connectivity index (χ0n) is 17.9. The van der Waals surface area contributed by atoms with Crippen molar-refractivity contribution in [3.05, 3.63) is 95.9 Å². The Kier molecular flexibility index (Phi) is 5.81. The molecule has 4 rings (SSSR count). The van der Waals surface area contributed by atoms with E-state index in [0.717, 1.165) is 29.5 Å². The number of thiazole rings is 1. The smallest absolute Gasteiger partial charge is 0.274 e. The first-order valence-corrected chi connectivity index (χ1v) is 11.3. The lowest BCUT2D eigenvalue weighted by Crippen LogP contribution is -2.38. The topological polar surface area (TPSA) is 95.6 Å². The molecule has 0 saturated heterocycles. The Labute approximate surface area is 190 Å². The second kappa shape index (κ2) is 8.70. The van der Waals surface area contributed by atoms with Crippen molar-refractivity contribution in [3.63, 3.8) is 0 Å². The zero-order valence-corrected chi connectivity index (χ0v) is 18.7. The average molecular weight is 439 g/mol. The predicted molar refractivity (Wildman–Crippen MR) is 128 cm³/mol. The fraction of sp³-hybridized carbons (Fsp3) is 0.192. The van der Waals surface area contributed by atoms with E-state index < -0.39 is 5.92 Å². The summed E-state index contributed by atoms with van der Waals surface area (Å²) in [5.74, 6) is -0.501. The molecule has 0 bridgehead atoms. The Balaban J connectivity index is 1.97. The van der Waals surface area contributed by atoms with Gasteiger partial charge in [-0.3, -0.25) is 9.36 Å². The lowest BCUT2D eigenvalue weighted by atomic mass is 9.84. The highest BCUT2D eigenvalue weighted by molar-refractivity contribution is 7.07. The monoisotopic (exact) mass is 438 g/mol. The number of hydrogen-bond acceptors (Lipinski definition) is 5. The van der Waals surface area contributed by atoms with E-state index in [4.69, 9.17) is 5.73 Å². The molecule has 0 fully saturated rings. The van der Waals surface area contributed by atoms with Gasteiger partial charge in [0.25, 0.3) is 5.56 Å². The van der Waals surface area contributed by atoms with Crippen molar-refractivity contribution >= 4 is 28.8 Å². The van der Waals surface area contributed by atoms with E-state index in [1.807, 2.05) is 48.5 Å². The van der Waals surface area contributed by atoms with Crippen LogP contribution in [-0.2, 0) is 12.8 Å². The summed E-state index contributed by atoms with van der Waals surface area (Å²) in [4.78, 5) is 13.2. The third-order valence-electron chi connectivity index (χ3n) is 5.80. The molecule has 6 heteroatoms. The van der Waals surface area contributed by atoms with Crippen LogP contribution in [0, 0.1) is 22.7 Å². The Bertz CT molecular complexity index is 1470. The van der Waals surface area contributed by atoms with Gasteiger partial charge in [-0.15, -0.1) is 11.3 Å². The minimum Gasteiger partial charge on any atom is -0.384 e. The molecular weight excluding hydrogens is 416 g/mol. The molecule has 0 unspecified atom stereocenters. The van der Waals surface area contributed by atoms with Crippen LogP contribution in [0.2, 0.25) is 0 Å². The molecule has 0 aliphatic carbocycles. The first-order valence-electron chi connectivity index (χ1n) is 10.5. The van der Waals surface area contributed by atoms with Crippen molar-refractivity contribution in [2.75, 3.05) is 0 Å². The third kappa shape index (κ3) is 3.56. The SMILES string of the molecule is CCc1ccc(/C=c2/sc3n(c2=O)C(N)=C(C#N)[C@@H](c2ccc(CC)cc2)C=3C#N)cc1. The van der Waals surface area contributed by atoms with Gasteiger partial charge in [-0.1, -0.05) is 62.4 Å². The first kappa shape index (κ1) is 21.4. The molecule has 0 radical (unpaired) electrons. The predicted octanol–water partition coefficient (Wildman–Crippen LogP) is 2.99. The normalized spacial score (nSPS) is 15.9. The minimum atomic E-state index is -0.592. The lowest BCUT2D eigenvalue weighted by Gasteiger charge is -2.22. The van der Waals surface area contributed by atoms with Gasteiger partial charge in [0.15, 0.2) is 0 Å². The zero-order chi connectivity index (χ0) is 22.8. The highest BCUT2D eigenvalue weighted by Crippen LogP contribution is 2.35. The van der Waals surface area contributed by atoms with Gasteiger partial charge in [0.1, 0.15) is 10.5 Å². The summed E-state index contributed by atoms with van der Waals surface area (Å²) < 4.78 is 2.26. The van der Waals surface area contributed by atoms with Crippen LogP contribution >= 0.6 is 11.3 Å². The third-order valence-corrected chi connectivity index (χ3v) is 6.90. The number of hydrogen-bond donors (Lipinski definition) is 1. The summed E-state index contributed by atoms with van der Waals surface area (Å²) >= 11 is 1.23. The van der Waals surface area contributed by atoms with Gasteiger partial charge in [-0.25, -0.2) is 0 Å². The summed E-state index contributed by atoms with van der Waals surface area (Å²) in [6.45, 7) is 4.16. The van der Waals surface area contributed by atoms with Crippen LogP contribution in [0.1, 0.15) is 42.0 Å². The Morgan fingerprint density at radius 3 is 2.06 bits per heavy atom. The van der Waals surface area contributed by atoms with E-state index in [9.17, 15) is 15.3 Å². The number of fused-ring (bicyclic) bond motifs is 1. The molecular formula is C26H22N4OS. The highest BCUT2D eigenvalue weighted by atomic mass is 32.1. The van der Waals surface area contributed by atoms with Crippen molar-refractivity contribution in [1.29, 1.82) is 10.5 Å². The molecule has 1 aromatic heterocycles. The number of aryl methyl sites for hydroxylation is 2. The van der Waals surface area contributed by atoms with Crippen LogP contribution in [0.4, 0.5) is 0 Å². The molecule has 1 aliphatic rings. The largest absolute Gasteiger partial charge is 0.384 e. The van der Waals surface area contributed by atoms with Gasteiger partial charge in [-0.2, -0.15) is 10.5 Å². The molecule has 2 aromatic carbocycles. The maximum absolute atomic E-state index is 13.2. The van der Waals surface area contributed by atoms with Crippen LogP contribution in [-0.4, -0.2) is 4.57 Å². The number of nitriles is 2. The summed E-state index contributed by atoms with van der Waals surface area (Å²) in [5, 5.41) is 19.9. The molecule has 32 heavy (non-hydrogen) atoms. The van der Waals surface area contributed by atoms with E-state index >= 15 is 0 Å². The Hall–Kier alpha value is -3.87. The first-order chi connectivity index (χ1) is 15.5. The van der Waals surface area contributed by atoms with Crippen LogP contribution in [0.5, 0.6) is 0 Å². The van der Waals surface area contributed by atoms with Crippen LogP contribution in [0.3, 0.4) is 0 Å². The molecule has 0 amide bonds. The number of aromatic nitrogens is 1. The molecule has 5 nitrogen and oxygen atoms in total. The summed E-state index contributed by atoms with van der Waals surface area (Å²) in [5.41, 5.74) is 10.7. The van der Waals surface area contributed by atoms with E-state index in [1.54, 1.807) is 6.08 Å². The number of allylic oxidation sites excluding steroid dienone is 1. The standard InChI is InChI=1S/C26H22N4OS/c1-3-16-5-7-18(8-6-16)13-22-25(31)30-24(29)20(14-27)23(21(15-28)26(30)32-22)19-11-9-17(4-2)10-12-19/h5-13,23H,3-4,29H2,1-2H3/b22-13+/t23-/m1/s1. The molecule has 0 saturated carbocycles. The van der Waals surface area contributed by atoms with Crippen molar-refractivity contribution in [2.45, 2.75) is 32.6 Å². The average Bonchev–Trinajstić information content (AvgIpc) is 3.15. The van der Waals surface area contributed by atoms with Crippen molar-refractivity contribution in [2.24, 2.45) is 5.73 Å². The second-order valence-electron chi connectivity index (χ2n) is 7.62. The van der Waals surface area contributed by atoms with Gasteiger partial charge in [-0.05, 0) is 41.2 Å². The maximum atomic E-state index is 13.2. The van der Waals surface area contributed by atoms with Crippen molar-refractivity contribution < 1.29 is 0 Å². The van der Waals surface area contributed by atoms with Gasteiger partial charge < -0.3 is 5.73 Å². The Morgan fingerprint density at radius 2 is 1.53 bits per heavy atom. The van der Waals surface area contributed by atoms with Gasteiger partial charge in [0, 0.05) is 0 Å². The van der Waals surface area contributed by atoms with Gasteiger partial charge in [0.05, 0.1) is 33.7 Å². The molecule has 0 spiro atoms. The van der Waals surface area contributed by atoms with E-state index in [0.29, 0.717) is 14.8 Å². The maximum Gasteiger partial charge on any atom is 0.274 e. The highest BCUT2D eigenvalue weighted by Gasteiger charge is 2.32. The number of nitrogens with two attached hydrogens (primary N) is 1. The number of nitrogens with zero attached hydrogens (tertiary/aromatic N) is 3. The van der Waals surface area contributed by atoms with Crippen molar-refractivity contribution in [3.8, 4) is 12.1 Å². The molecule has 3 aromatic rings. The summed E-state index contributed by atoms with van der Waals surface area (Å²) in [6, 6.07) is 20.2. The lowest BCUT2D eigenvalue weighted by molar-refractivity contribution is 0.905. The number of rotatable bonds is 4. The second-order valence-corrected chi connectivity index (χ2v) is 8.65. The molecule has 1 atom stereocenters. The van der Waals surface area contributed by atoms with Crippen LogP contribution in [0.25, 0.3) is 17.5 Å². The van der Waals surface area contributed by atoms with Crippen LogP contribution < -0.4 is 20.5 Å². The quantitative estimate of drug-likeness (QED) is 0.677. The summed E-state index contributed by atoms with van der Waals surface area (Å²) in [7, 11) is 0. The van der Waals surface area contributed by atoms with Crippen molar-refractivity contribution in [1.82, 2.24) is 4.57 Å². The molecule has 1 aliphatic heterocycles. The number of benzene rings is 2.